The lowest BCUT2D eigenvalue weighted by Crippen LogP contribution is -2.30. The van der Waals surface area contributed by atoms with Crippen LogP contribution in [0.3, 0.4) is 0 Å². The molecule has 2 atom stereocenters. The molecule has 3 rings (SSSR count). The molecule has 116 valence electrons. The maximum absolute atomic E-state index is 6.35. The van der Waals surface area contributed by atoms with Gasteiger partial charge in [-0.05, 0) is 62.3 Å². The molecular weight excluding hydrogens is 338 g/mol. The fraction of sp³-hybridized carbons (Fsp3) is 0.368. The summed E-state index contributed by atoms with van der Waals surface area (Å²) in [6.45, 7) is 0. The van der Waals surface area contributed by atoms with Crippen LogP contribution in [0.4, 0.5) is 0 Å². The van der Waals surface area contributed by atoms with Gasteiger partial charge in [0.2, 0.25) is 0 Å². The molecule has 0 radical (unpaired) electrons. The van der Waals surface area contributed by atoms with Crippen molar-refractivity contribution in [2.24, 2.45) is 0 Å². The van der Waals surface area contributed by atoms with Crippen LogP contribution in [0.15, 0.2) is 53.0 Å². The highest BCUT2D eigenvalue weighted by Gasteiger charge is 2.26. The fourth-order valence-corrected chi connectivity index (χ4v) is 3.41. The van der Waals surface area contributed by atoms with E-state index in [0.717, 1.165) is 23.1 Å². The second-order valence-electron chi connectivity index (χ2n) is 6.15. The summed E-state index contributed by atoms with van der Waals surface area (Å²) in [6, 6.07) is 17.4. The van der Waals surface area contributed by atoms with Gasteiger partial charge in [-0.15, -0.1) is 0 Å². The number of fused-ring (bicyclic) bond motifs is 1. The Morgan fingerprint density at radius 1 is 1.05 bits per heavy atom. The van der Waals surface area contributed by atoms with Crippen LogP contribution in [0.5, 0.6) is 5.75 Å². The smallest absolute Gasteiger partial charge is 0.125 e. The van der Waals surface area contributed by atoms with Crippen LogP contribution < -0.4 is 4.74 Å². The molecule has 0 unspecified atom stereocenters. The molecule has 0 fully saturated rings. The molecule has 3 heteroatoms. The zero-order valence-electron chi connectivity index (χ0n) is 13.1. The van der Waals surface area contributed by atoms with Crippen molar-refractivity contribution in [3.63, 3.8) is 0 Å². The Morgan fingerprint density at radius 3 is 2.50 bits per heavy atom. The number of rotatable bonds is 3. The number of hydrogen-bond donors (Lipinski definition) is 0. The summed E-state index contributed by atoms with van der Waals surface area (Å²) in [5.74, 6) is 0.933. The third-order valence-electron chi connectivity index (χ3n) is 4.46. The van der Waals surface area contributed by atoms with E-state index in [1.807, 2.05) is 24.3 Å². The second-order valence-corrected chi connectivity index (χ2v) is 7.07. The lowest BCUT2D eigenvalue weighted by atomic mass is 10.0. The summed E-state index contributed by atoms with van der Waals surface area (Å²) in [4.78, 5) is 2.32. The van der Waals surface area contributed by atoms with Crippen LogP contribution in [-0.4, -0.2) is 25.0 Å². The van der Waals surface area contributed by atoms with E-state index in [0.29, 0.717) is 6.04 Å². The van der Waals surface area contributed by atoms with Gasteiger partial charge in [-0.2, -0.15) is 0 Å². The Bertz CT molecular complexity index is 624. The van der Waals surface area contributed by atoms with Crippen molar-refractivity contribution < 1.29 is 4.74 Å². The highest BCUT2D eigenvalue weighted by Crippen LogP contribution is 2.34. The van der Waals surface area contributed by atoms with E-state index in [2.05, 4.69) is 59.2 Å². The van der Waals surface area contributed by atoms with Crippen LogP contribution in [0.25, 0.3) is 0 Å². The van der Waals surface area contributed by atoms with Gasteiger partial charge in [0.1, 0.15) is 11.9 Å². The van der Waals surface area contributed by atoms with Crippen LogP contribution >= 0.6 is 15.9 Å². The van der Waals surface area contributed by atoms with Crippen molar-refractivity contribution >= 4 is 15.9 Å². The SMILES string of the molecule is CN(C)[C@H]1CCc2ccccc2[C@@H](Oc2ccc(Br)cc2)C1. The molecule has 0 aromatic heterocycles. The molecule has 2 aromatic carbocycles. The first-order valence-corrected chi connectivity index (χ1v) is 8.59. The van der Waals surface area contributed by atoms with Crippen LogP contribution in [-0.2, 0) is 6.42 Å². The summed E-state index contributed by atoms with van der Waals surface area (Å²) < 4.78 is 7.43. The van der Waals surface area contributed by atoms with E-state index in [-0.39, 0.29) is 6.10 Å². The highest BCUT2D eigenvalue weighted by atomic mass is 79.9. The summed E-state index contributed by atoms with van der Waals surface area (Å²) in [5.41, 5.74) is 2.77. The van der Waals surface area contributed by atoms with E-state index in [1.54, 1.807) is 0 Å². The topological polar surface area (TPSA) is 12.5 Å². The predicted molar refractivity (Wildman–Crippen MR) is 94.4 cm³/mol. The number of halogens is 1. The van der Waals surface area contributed by atoms with Gasteiger partial charge in [0.05, 0.1) is 0 Å². The molecular formula is C19H22BrNO. The third kappa shape index (κ3) is 3.53. The standard InChI is InChI=1S/C19H22BrNO/c1-21(2)16-10-7-14-5-3-4-6-18(14)19(13-16)22-17-11-8-15(20)9-12-17/h3-6,8-9,11-12,16,19H,7,10,13H2,1-2H3/t16-,19-/m0/s1. The zero-order chi connectivity index (χ0) is 15.5. The van der Waals surface area contributed by atoms with E-state index in [9.17, 15) is 0 Å². The summed E-state index contributed by atoms with van der Waals surface area (Å²) in [6.07, 6.45) is 3.45. The largest absolute Gasteiger partial charge is 0.486 e. The molecule has 22 heavy (non-hydrogen) atoms. The van der Waals surface area contributed by atoms with Gasteiger partial charge >= 0.3 is 0 Å². The molecule has 0 bridgehead atoms. The monoisotopic (exact) mass is 359 g/mol. The molecule has 0 aliphatic heterocycles. The van der Waals surface area contributed by atoms with Gasteiger partial charge in [0.15, 0.2) is 0 Å². The molecule has 1 aliphatic carbocycles. The van der Waals surface area contributed by atoms with Gasteiger partial charge in [-0.3, -0.25) is 0 Å². The molecule has 1 aliphatic rings. The predicted octanol–water partition coefficient (Wildman–Crippen LogP) is 4.84. The number of aryl methyl sites for hydroxylation is 1. The van der Waals surface area contributed by atoms with Gasteiger partial charge < -0.3 is 9.64 Å². The Balaban J connectivity index is 1.89. The second kappa shape index (κ2) is 6.84. The fourth-order valence-electron chi connectivity index (χ4n) is 3.15. The zero-order valence-corrected chi connectivity index (χ0v) is 14.7. The minimum atomic E-state index is 0.118. The van der Waals surface area contributed by atoms with Crippen molar-refractivity contribution in [2.75, 3.05) is 14.1 Å². The first kappa shape index (κ1) is 15.6. The molecule has 0 amide bonds. The Morgan fingerprint density at radius 2 is 1.77 bits per heavy atom. The molecule has 0 heterocycles. The summed E-state index contributed by atoms with van der Waals surface area (Å²) in [5, 5.41) is 0. The molecule has 0 saturated carbocycles. The Kier molecular flexibility index (Phi) is 4.84. The number of nitrogens with zero attached hydrogens (tertiary/aromatic N) is 1. The maximum atomic E-state index is 6.35. The third-order valence-corrected chi connectivity index (χ3v) is 4.99. The lowest BCUT2D eigenvalue weighted by Gasteiger charge is -2.27. The maximum Gasteiger partial charge on any atom is 0.125 e. The van der Waals surface area contributed by atoms with E-state index < -0.39 is 0 Å². The number of benzene rings is 2. The minimum Gasteiger partial charge on any atom is -0.486 e. The average Bonchev–Trinajstić information content (AvgIpc) is 2.70. The van der Waals surface area contributed by atoms with Gasteiger partial charge in [-0.1, -0.05) is 40.2 Å². The normalized spacial score (nSPS) is 21.3. The van der Waals surface area contributed by atoms with E-state index in [1.165, 1.54) is 17.5 Å². The molecule has 0 saturated heterocycles. The summed E-state index contributed by atoms with van der Waals surface area (Å²) in [7, 11) is 4.33. The highest BCUT2D eigenvalue weighted by molar-refractivity contribution is 9.10. The molecule has 2 aromatic rings. The van der Waals surface area contributed by atoms with Crippen LogP contribution in [0, 0.1) is 0 Å². The van der Waals surface area contributed by atoms with Crippen molar-refractivity contribution in [1.29, 1.82) is 0 Å². The minimum absolute atomic E-state index is 0.118. The Hall–Kier alpha value is -1.32. The van der Waals surface area contributed by atoms with Gasteiger partial charge in [0.25, 0.3) is 0 Å². The lowest BCUT2D eigenvalue weighted by molar-refractivity contribution is 0.147. The first-order valence-electron chi connectivity index (χ1n) is 7.80. The first-order chi connectivity index (χ1) is 10.6. The molecule has 2 nitrogen and oxygen atoms in total. The number of hydrogen-bond acceptors (Lipinski definition) is 2. The van der Waals surface area contributed by atoms with Gasteiger partial charge in [0, 0.05) is 16.9 Å². The van der Waals surface area contributed by atoms with E-state index in [4.69, 9.17) is 4.74 Å². The van der Waals surface area contributed by atoms with Crippen molar-refractivity contribution in [2.45, 2.75) is 31.4 Å². The average molecular weight is 360 g/mol. The van der Waals surface area contributed by atoms with Gasteiger partial charge in [-0.25, -0.2) is 0 Å². The number of ether oxygens (including phenoxy) is 1. The van der Waals surface area contributed by atoms with Crippen molar-refractivity contribution in [3.8, 4) is 5.75 Å². The quantitative estimate of drug-likeness (QED) is 0.727. The molecule has 0 N–H and O–H groups in total. The Labute approximate surface area is 141 Å². The molecule has 0 spiro atoms. The van der Waals surface area contributed by atoms with E-state index >= 15 is 0 Å². The van der Waals surface area contributed by atoms with Crippen molar-refractivity contribution in [3.05, 3.63) is 64.1 Å². The summed E-state index contributed by atoms with van der Waals surface area (Å²) >= 11 is 3.48. The van der Waals surface area contributed by atoms with Crippen LogP contribution in [0.1, 0.15) is 30.1 Å². The van der Waals surface area contributed by atoms with Crippen LogP contribution in [0.2, 0.25) is 0 Å². The van der Waals surface area contributed by atoms with Crippen molar-refractivity contribution in [1.82, 2.24) is 4.90 Å².